The number of allylic oxidation sites excluding steroid dienone is 2. The number of rotatable bonds is 34. The molecule has 2 aliphatic rings. The van der Waals surface area contributed by atoms with Crippen molar-refractivity contribution < 1.29 is 0 Å². The van der Waals surface area contributed by atoms with E-state index in [1.54, 1.807) is 0 Å². The maximum Gasteiger partial charge on any atom is 0.154 e. The van der Waals surface area contributed by atoms with E-state index < -0.39 is 11.1 Å². The third kappa shape index (κ3) is 21.2. The minimum atomic E-state index is -0.422. The molecular formula is C41H77N3S2. The third-order valence-electron chi connectivity index (χ3n) is 10.1. The maximum atomic E-state index is 5.26. The fourth-order valence-electron chi connectivity index (χ4n) is 7.05. The zero-order chi connectivity index (χ0) is 32.8. The smallest absolute Gasteiger partial charge is 0.154 e. The Kier molecular flexibility index (Phi) is 27.2. The second kappa shape index (κ2) is 30.3. The van der Waals surface area contributed by atoms with Crippen LogP contribution >= 0.6 is 23.3 Å². The van der Waals surface area contributed by atoms with Gasteiger partial charge in [-0.3, -0.25) is 9.73 Å². The van der Waals surface area contributed by atoms with Crippen LogP contribution in [0.25, 0.3) is 0 Å². The van der Waals surface area contributed by atoms with Crippen molar-refractivity contribution in [3.8, 4) is 0 Å². The number of nitrogens with one attached hydrogen (secondary N) is 1. The maximum absolute atomic E-state index is 5.26. The molecule has 0 saturated heterocycles. The predicted octanol–water partition coefficient (Wildman–Crippen LogP) is 14.4. The van der Waals surface area contributed by atoms with Crippen LogP contribution in [0.1, 0.15) is 219 Å². The highest BCUT2D eigenvalue weighted by atomic mass is 32.2. The Balaban J connectivity index is 1.22. The molecule has 0 aromatic rings. The molecular weight excluding hydrogens is 599 g/mol. The number of hydrogen-bond acceptors (Lipinski definition) is 4. The van der Waals surface area contributed by atoms with Gasteiger partial charge in [-0.2, -0.15) is 5.10 Å². The van der Waals surface area contributed by atoms with Crippen molar-refractivity contribution in [2.75, 3.05) is 0 Å². The van der Waals surface area contributed by atoms with Gasteiger partial charge in [0.15, 0.2) is 6.17 Å². The standard InChI is InChI=1S/C41H77N3S2/c1-3-4-5-6-7-8-9-10-11-12-13-14-15-16-17-18-19-20-21-22-23-24-25-26-27-28-29-30-31-32-33-34-40-42-43-41(37-45)44(40)46-36-35-39(2)38-46/h35-38,41,43,46H,3-34H2,1-2H3. The highest BCUT2D eigenvalue weighted by Gasteiger charge is 2.29. The van der Waals surface area contributed by atoms with Crippen molar-refractivity contribution in [3.63, 3.8) is 0 Å². The fourth-order valence-corrected chi connectivity index (χ4v) is 9.38. The van der Waals surface area contributed by atoms with Gasteiger partial charge >= 0.3 is 0 Å². The van der Waals surface area contributed by atoms with Crippen LogP contribution < -0.4 is 5.43 Å². The molecule has 0 amide bonds. The van der Waals surface area contributed by atoms with Crippen molar-refractivity contribution in [2.45, 2.75) is 225 Å². The van der Waals surface area contributed by atoms with Crippen molar-refractivity contribution in [3.05, 3.63) is 22.5 Å². The molecule has 0 fully saturated rings. The van der Waals surface area contributed by atoms with E-state index in [2.05, 4.69) is 45.6 Å². The van der Waals surface area contributed by atoms with E-state index in [9.17, 15) is 0 Å². The molecule has 2 heterocycles. The summed E-state index contributed by atoms with van der Waals surface area (Å²) in [6.07, 6.45) is 48.3. The monoisotopic (exact) mass is 676 g/mol. The molecule has 0 aliphatic carbocycles. The summed E-state index contributed by atoms with van der Waals surface area (Å²) in [5.41, 5.74) is 4.58. The normalized spacial score (nSPS) is 18.3. The number of hydrogen-bond donors (Lipinski definition) is 2. The van der Waals surface area contributed by atoms with E-state index in [1.165, 1.54) is 210 Å². The largest absolute Gasteiger partial charge is 0.289 e. The van der Waals surface area contributed by atoms with E-state index in [-0.39, 0.29) is 6.17 Å². The number of unbranched alkanes of at least 4 members (excludes halogenated alkanes) is 30. The molecule has 0 bridgehead atoms. The molecule has 268 valence electrons. The summed E-state index contributed by atoms with van der Waals surface area (Å²) in [6, 6.07) is 0. The van der Waals surface area contributed by atoms with Gasteiger partial charge in [0, 0.05) is 11.8 Å². The van der Waals surface area contributed by atoms with Crippen LogP contribution in [0, 0.1) is 0 Å². The molecule has 2 unspecified atom stereocenters. The number of thiocarbonyl (C=S) groups is 1. The molecule has 0 aromatic heterocycles. The van der Waals surface area contributed by atoms with Gasteiger partial charge in [-0.05, 0) is 29.7 Å². The van der Waals surface area contributed by atoms with E-state index >= 15 is 0 Å². The summed E-state index contributed by atoms with van der Waals surface area (Å²) in [6.45, 7) is 4.48. The van der Waals surface area contributed by atoms with Gasteiger partial charge in [0.05, 0.1) is 0 Å². The van der Waals surface area contributed by atoms with E-state index in [0.29, 0.717) is 0 Å². The van der Waals surface area contributed by atoms with Gasteiger partial charge in [-0.25, -0.2) is 0 Å². The van der Waals surface area contributed by atoms with Crippen LogP contribution in [0.3, 0.4) is 0 Å². The highest BCUT2D eigenvalue weighted by molar-refractivity contribution is 8.20. The van der Waals surface area contributed by atoms with Gasteiger partial charge in [-0.15, -0.1) is 11.1 Å². The molecule has 3 nitrogen and oxygen atoms in total. The second-order valence-electron chi connectivity index (χ2n) is 14.5. The Morgan fingerprint density at radius 1 is 0.609 bits per heavy atom. The summed E-state index contributed by atoms with van der Waals surface area (Å²) in [4.78, 5) is 0. The molecule has 0 aromatic carbocycles. The van der Waals surface area contributed by atoms with Gasteiger partial charge < -0.3 is 0 Å². The molecule has 0 saturated carbocycles. The lowest BCUT2D eigenvalue weighted by Gasteiger charge is -2.31. The Hall–Kier alpha value is -0.810. The molecule has 2 rings (SSSR count). The predicted molar refractivity (Wildman–Crippen MR) is 215 cm³/mol. The first kappa shape index (κ1) is 41.4. The van der Waals surface area contributed by atoms with Gasteiger partial charge in [0.2, 0.25) is 0 Å². The number of amidine groups is 1. The second-order valence-corrected chi connectivity index (χ2v) is 16.5. The summed E-state index contributed by atoms with van der Waals surface area (Å²) in [5, 5.41) is 11.1. The summed E-state index contributed by atoms with van der Waals surface area (Å²) in [7, 11) is 0. The molecule has 0 spiro atoms. The third-order valence-corrected chi connectivity index (χ3v) is 12.4. The minimum absolute atomic E-state index is 0.0707. The quantitative estimate of drug-likeness (QED) is 0.0404. The molecule has 46 heavy (non-hydrogen) atoms. The summed E-state index contributed by atoms with van der Waals surface area (Å²) < 4.78 is 2.41. The summed E-state index contributed by atoms with van der Waals surface area (Å²) in [5.74, 6) is 1.20. The van der Waals surface area contributed by atoms with E-state index in [0.717, 1.165) is 6.42 Å². The summed E-state index contributed by atoms with van der Waals surface area (Å²) >= 11 is 4.84. The number of hydrazone groups is 1. The Bertz CT molecular complexity index is 808. The van der Waals surface area contributed by atoms with Crippen LogP contribution in [-0.4, -0.2) is 21.7 Å². The van der Waals surface area contributed by atoms with Crippen molar-refractivity contribution in [1.82, 2.24) is 9.73 Å². The van der Waals surface area contributed by atoms with Crippen LogP contribution in [-0.2, 0) is 0 Å². The van der Waals surface area contributed by atoms with Gasteiger partial charge in [-0.1, -0.05) is 218 Å². The number of nitrogens with zero attached hydrogens (tertiary/aromatic N) is 2. The van der Waals surface area contributed by atoms with Crippen molar-refractivity contribution in [1.29, 1.82) is 0 Å². The molecule has 2 atom stereocenters. The molecule has 5 heteroatoms. The van der Waals surface area contributed by atoms with Crippen LogP contribution in [0.2, 0.25) is 0 Å². The first-order valence-corrected chi connectivity index (χ1v) is 22.4. The minimum Gasteiger partial charge on any atom is -0.289 e. The van der Waals surface area contributed by atoms with E-state index in [4.69, 9.17) is 12.2 Å². The SMILES string of the molecule is CCCCCCCCCCCCCCCCCCCCCCCCCCCCCCCCCC1=NNC(C=S)N1[SH]1C=CC(C)=C1. The zero-order valence-electron chi connectivity index (χ0n) is 30.8. The topological polar surface area (TPSA) is 27.6 Å². The number of thiol groups is 1. The van der Waals surface area contributed by atoms with E-state index in [1.807, 2.05) is 5.37 Å². The molecule has 2 aliphatic heterocycles. The first-order chi connectivity index (χ1) is 22.8. The van der Waals surface area contributed by atoms with Crippen molar-refractivity contribution >= 4 is 34.5 Å². The average molecular weight is 676 g/mol. The lowest BCUT2D eigenvalue weighted by atomic mass is 10.0. The van der Waals surface area contributed by atoms with Crippen LogP contribution in [0.15, 0.2) is 27.6 Å². The average Bonchev–Trinajstić information content (AvgIpc) is 3.68. The van der Waals surface area contributed by atoms with Gasteiger partial charge in [0.25, 0.3) is 0 Å². The van der Waals surface area contributed by atoms with Crippen molar-refractivity contribution in [2.24, 2.45) is 5.10 Å². The Labute approximate surface area is 296 Å². The zero-order valence-corrected chi connectivity index (χ0v) is 32.5. The van der Waals surface area contributed by atoms with Crippen LogP contribution in [0.4, 0.5) is 0 Å². The lowest BCUT2D eigenvalue weighted by Crippen LogP contribution is -2.37. The first-order valence-electron chi connectivity index (χ1n) is 20.5. The Morgan fingerprint density at radius 3 is 1.26 bits per heavy atom. The van der Waals surface area contributed by atoms with Gasteiger partial charge in [0.1, 0.15) is 5.84 Å². The Morgan fingerprint density at radius 2 is 0.957 bits per heavy atom. The molecule has 1 N–H and O–H groups in total. The highest BCUT2D eigenvalue weighted by Crippen LogP contribution is 2.42. The fraction of sp³-hybridized carbons (Fsp3) is 0.854. The van der Waals surface area contributed by atoms with Crippen LogP contribution in [0.5, 0.6) is 0 Å². The molecule has 0 radical (unpaired) electrons. The lowest BCUT2D eigenvalue weighted by molar-refractivity contribution is 0.512.